The molecule has 1 atom stereocenters. The van der Waals surface area contributed by atoms with Crippen LogP contribution >= 0.6 is 0 Å². The van der Waals surface area contributed by atoms with Gasteiger partial charge in [-0.3, -0.25) is 9.59 Å². The summed E-state index contributed by atoms with van der Waals surface area (Å²) in [5.41, 5.74) is 1.63. The van der Waals surface area contributed by atoms with Crippen LogP contribution in [0.2, 0.25) is 0 Å². The van der Waals surface area contributed by atoms with Gasteiger partial charge in [0.2, 0.25) is 5.91 Å². The number of amides is 2. The van der Waals surface area contributed by atoms with E-state index in [-0.39, 0.29) is 5.91 Å². The number of nitrogens with zero attached hydrogens (tertiary/aromatic N) is 1. The van der Waals surface area contributed by atoms with Crippen molar-refractivity contribution in [3.05, 3.63) is 72.3 Å². The van der Waals surface area contributed by atoms with E-state index >= 15 is 0 Å². The molecule has 2 amide bonds. The van der Waals surface area contributed by atoms with Crippen molar-refractivity contribution in [3.63, 3.8) is 0 Å². The largest absolute Gasteiger partial charge is 0.449 e. The lowest BCUT2D eigenvalue weighted by Crippen LogP contribution is -2.30. The monoisotopic (exact) mass is 402 g/mol. The quantitative estimate of drug-likeness (QED) is 0.651. The van der Waals surface area contributed by atoms with Gasteiger partial charge < -0.3 is 15.0 Å². The van der Waals surface area contributed by atoms with Gasteiger partial charge in [0, 0.05) is 29.7 Å². The van der Waals surface area contributed by atoms with E-state index < -0.39 is 18.0 Å². The zero-order valence-electron chi connectivity index (χ0n) is 16.6. The molecule has 152 valence electrons. The Bertz CT molecular complexity index is 1120. The van der Waals surface area contributed by atoms with Crippen LogP contribution in [0.4, 0.5) is 11.4 Å². The van der Waals surface area contributed by atoms with Gasteiger partial charge in [-0.05, 0) is 43.0 Å². The third-order valence-corrected chi connectivity index (χ3v) is 5.17. The van der Waals surface area contributed by atoms with Crippen LogP contribution < -0.4 is 10.2 Å². The molecule has 30 heavy (non-hydrogen) atoms. The molecule has 0 saturated carbocycles. The molecule has 0 spiro atoms. The topological polar surface area (TPSA) is 75.7 Å². The lowest BCUT2D eigenvalue weighted by molar-refractivity contribution is -0.123. The van der Waals surface area contributed by atoms with Crippen molar-refractivity contribution in [2.24, 2.45) is 0 Å². The molecular weight excluding hydrogens is 380 g/mol. The molecule has 1 unspecified atom stereocenters. The number of benzene rings is 3. The van der Waals surface area contributed by atoms with Gasteiger partial charge >= 0.3 is 5.97 Å². The predicted molar refractivity (Wildman–Crippen MR) is 115 cm³/mol. The maximum absolute atomic E-state index is 12.6. The highest BCUT2D eigenvalue weighted by Crippen LogP contribution is 2.24. The Kier molecular flexibility index (Phi) is 5.48. The zero-order valence-corrected chi connectivity index (χ0v) is 16.6. The smallest absolute Gasteiger partial charge is 0.338 e. The van der Waals surface area contributed by atoms with E-state index in [0.29, 0.717) is 29.9 Å². The molecule has 1 fully saturated rings. The molecule has 1 aliphatic rings. The van der Waals surface area contributed by atoms with Gasteiger partial charge in [0.05, 0.1) is 5.56 Å². The van der Waals surface area contributed by atoms with Crippen molar-refractivity contribution >= 4 is 39.9 Å². The maximum Gasteiger partial charge on any atom is 0.338 e. The SMILES string of the molecule is CC(OC(=O)c1cccc(N2CCCC2=O)c1)C(=O)Nc1cccc2ccccc12. The number of rotatable bonds is 5. The molecular formula is C24H22N2O4. The molecule has 1 saturated heterocycles. The Morgan fingerprint density at radius 3 is 2.60 bits per heavy atom. The fourth-order valence-corrected chi connectivity index (χ4v) is 3.57. The molecule has 3 aromatic carbocycles. The zero-order chi connectivity index (χ0) is 21.1. The number of esters is 1. The van der Waals surface area contributed by atoms with E-state index in [1.165, 1.54) is 6.92 Å². The van der Waals surface area contributed by atoms with Crippen LogP contribution in [0.15, 0.2) is 66.7 Å². The first-order chi connectivity index (χ1) is 14.5. The minimum atomic E-state index is -0.978. The normalized spacial score (nSPS) is 14.6. The number of ether oxygens (including phenoxy) is 1. The average Bonchev–Trinajstić information content (AvgIpc) is 3.20. The number of fused-ring (bicyclic) bond motifs is 1. The fourth-order valence-electron chi connectivity index (χ4n) is 3.57. The molecule has 4 rings (SSSR count). The molecule has 1 aliphatic heterocycles. The van der Waals surface area contributed by atoms with E-state index in [0.717, 1.165) is 17.2 Å². The second kappa shape index (κ2) is 8.37. The molecule has 0 radical (unpaired) electrons. The summed E-state index contributed by atoms with van der Waals surface area (Å²) in [5, 5.41) is 4.75. The average molecular weight is 402 g/mol. The first-order valence-corrected chi connectivity index (χ1v) is 9.93. The third-order valence-electron chi connectivity index (χ3n) is 5.17. The molecule has 1 heterocycles. The number of hydrogen-bond donors (Lipinski definition) is 1. The van der Waals surface area contributed by atoms with Crippen LogP contribution in [0, 0.1) is 0 Å². The minimum absolute atomic E-state index is 0.0448. The summed E-state index contributed by atoms with van der Waals surface area (Å²) < 4.78 is 5.37. The van der Waals surface area contributed by atoms with E-state index in [9.17, 15) is 14.4 Å². The Morgan fingerprint density at radius 1 is 1.03 bits per heavy atom. The highest BCUT2D eigenvalue weighted by atomic mass is 16.5. The first-order valence-electron chi connectivity index (χ1n) is 9.93. The summed E-state index contributed by atoms with van der Waals surface area (Å²) in [4.78, 5) is 38.8. The van der Waals surface area contributed by atoms with Gasteiger partial charge in [-0.25, -0.2) is 4.79 Å². The molecule has 0 aliphatic carbocycles. The molecule has 1 N–H and O–H groups in total. The second-order valence-electron chi connectivity index (χ2n) is 7.26. The van der Waals surface area contributed by atoms with Crippen molar-refractivity contribution in [2.75, 3.05) is 16.8 Å². The number of nitrogens with one attached hydrogen (secondary N) is 1. The highest BCUT2D eigenvalue weighted by molar-refractivity contribution is 6.04. The van der Waals surface area contributed by atoms with E-state index in [1.807, 2.05) is 42.5 Å². The Labute approximate surface area is 174 Å². The Balaban J connectivity index is 1.44. The summed E-state index contributed by atoms with van der Waals surface area (Å²) in [5.74, 6) is -0.974. The Morgan fingerprint density at radius 2 is 1.80 bits per heavy atom. The van der Waals surface area contributed by atoms with Crippen molar-refractivity contribution in [1.29, 1.82) is 0 Å². The molecule has 6 nitrogen and oxygen atoms in total. The maximum atomic E-state index is 12.6. The standard InChI is InChI=1S/C24H22N2O4/c1-16(23(28)25-21-12-5-8-17-7-2-3-11-20(17)21)30-24(29)18-9-4-10-19(15-18)26-14-6-13-22(26)27/h2-5,7-12,15-16H,6,13-14H2,1H3,(H,25,28). The van der Waals surface area contributed by atoms with Gasteiger partial charge in [0.15, 0.2) is 6.10 Å². The summed E-state index contributed by atoms with van der Waals surface area (Å²) in [6, 6.07) is 20.1. The summed E-state index contributed by atoms with van der Waals surface area (Å²) >= 11 is 0. The predicted octanol–water partition coefficient (Wildman–Crippen LogP) is 4.15. The van der Waals surface area contributed by atoms with Gasteiger partial charge in [-0.1, -0.05) is 42.5 Å². The highest BCUT2D eigenvalue weighted by Gasteiger charge is 2.24. The van der Waals surface area contributed by atoms with Crippen LogP contribution in [-0.4, -0.2) is 30.4 Å². The molecule has 3 aromatic rings. The minimum Gasteiger partial charge on any atom is -0.449 e. The summed E-state index contributed by atoms with van der Waals surface area (Å²) in [6.07, 6.45) is 0.340. The number of hydrogen-bond acceptors (Lipinski definition) is 4. The van der Waals surface area contributed by atoms with Crippen LogP contribution in [0.5, 0.6) is 0 Å². The molecule has 0 aromatic heterocycles. The summed E-state index contributed by atoms with van der Waals surface area (Å²) in [6.45, 7) is 2.17. The van der Waals surface area contributed by atoms with Crippen molar-refractivity contribution in [2.45, 2.75) is 25.9 Å². The van der Waals surface area contributed by atoms with Gasteiger partial charge in [0.1, 0.15) is 0 Å². The number of carbonyl (C=O) groups excluding carboxylic acids is 3. The third kappa shape index (κ3) is 4.03. The lowest BCUT2D eigenvalue weighted by Gasteiger charge is -2.17. The second-order valence-corrected chi connectivity index (χ2v) is 7.26. The van der Waals surface area contributed by atoms with Crippen molar-refractivity contribution < 1.29 is 19.1 Å². The first kappa shape index (κ1) is 19.6. The van der Waals surface area contributed by atoms with E-state index in [1.54, 1.807) is 29.2 Å². The fraction of sp³-hybridized carbons (Fsp3) is 0.208. The van der Waals surface area contributed by atoms with E-state index in [4.69, 9.17) is 4.74 Å². The van der Waals surface area contributed by atoms with Crippen LogP contribution in [-0.2, 0) is 14.3 Å². The van der Waals surface area contributed by atoms with Crippen LogP contribution in [0.25, 0.3) is 10.8 Å². The van der Waals surface area contributed by atoms with Crippen LogP contribution in [0.1, 0.15) is 30.1 Å². The molecule has 6 heteroatoms. The van der Waals surface area contributed by atoms with Crippen LogP contribution in [0.3, 0.4) is 0 Å². The Hall–Kier alpha value is -3.67. The van der Waals surface area contributed by atoms with Crippen molar-refractivity contribution in [3.8, 4) is 0 Å². The van der Waals surface area contributed by atoms with Gasteiger partial charge in [-0.2, -0.15) is 0 Å². The summed E-state index contributed by atoms with van der Waals surface area (Å²) in [7, 11) is 0. The van der Waals surface area contributed by atoms with E-state index in [2.05, 4.69) is 5.32 Å². The van der Waals surface area contributed by atoms with Crippen molar-refractivity contribution in [1.82, 2.24) is 0 Å². The number of anilines is 2. The van der Waals surface area contributed by atoms with Gasteiger partial charge in [-0.15, -0.1) is 0 Å². The number of carbonyl (C=O) groups is 3. The van der Waals surface area contributed by atoms with Gasteiger partial charge in [0.25, 0.3) is 5.91 Å². The molecule has 0 bridgehead atoms. The lowest BCUT2D eigenvalue weighted by atomic mass is 10.1.